The number of alkyl halides is 3. The molecule has 0 saturated carbocycles. The fourth-order valence-electron chi connectivity index (χ4n) is 3.09. The van der Waals surface area contributed by atoms with Crippen molar-refractivity contribution in [2.75, 3.05) is 31.1 Å². The SMILES string of the molecule is N#Cc1c(F)cccc1N1CCN(Cc2ccc(C(F)(F)F)cc2)CC1. The zero-order valence-corrected chi connectivity index (χ0v) is 13.9. The molecule has 0 spiro atoms. The van der Waals surface area contributed by atoms with Gasteiger partial charge in [0.05, 0.1) is 11.3 Å². The zero-order valence-electron chi connectivity index (χ0n) is 13.9. The summed E-state index contributed by atoms with van der Waals surface area (Å²) in [5.74, 6) is -0.530. The zero-order chi connectivity index (χ0) is 18.7. The molecule has 0 atom stereocenters. The molecule has 0 amide bonds. The van der Waals surface area contributed by atoms with Crippen molar-refractivity contribution in [2.45, 2.75) is 12.7 Å². The molecule has 136 valence electrons. The summed E-state index contributed by atoms with van der Waals surface area (Å²) < 4.78 is 51.6. The van der Waals surface area contributed by atoms with E-state index in [2.05, 4.69) is 4.90 Å². The summed E-state index contributed by atoms with van der Waals surface area (Å²) in [7, 11) is 0. The Balaban J connectivity index is 1.61. The maximum atomic E-state index is 13.7. The predicted molar refractivity (Wildman–Crippen MR) is 90.0 cm³/mol. The van der Waals surface area contributed by atoms with Gasteiger partial charge in [-0.1, -0.05) is 18.2 Å². The first kappa shape index (κ1) is 18.2. The first-order chi connectivity index (χ1) is 12.4. The Kier molecular flexibility index (Phi) is 5.14. The molecule has 26 heavy (non-hydrogen) atoms. The van der Waals surface area contributed by atoms with Crippen molar-refractivity contribution in [1.29, 1.82) is 5.26 Å². The van der Waals surface area contributed by atoms with Crippen molar-refractivity contribution < 1.29 is 17.6 Å². The van der Waals surface area contributed by atoms with E-state index in [9.17, 15) is 17.6 Å². The number of benzene rings is 2. The molecule has 1 aliphatic rings. The van der Waals surface area contributed by atoms with Gasteiger partial charge in [-0.05, 0) is 29.8 Å². The van der Waals surface area contributed by atoms with Crippen molar-refractivity contribution in [2.24, 2.45) is 0 Å². The van der Waals surface area contributed by atoms with Gasteiger partial charge in [0.25, 0.3) is 0 Å². The second-order valence-corrected chi connectivity index (χ2v) is 6.20. The minimum absolute atomic E-state index is 0.0451. The molecule has 0 radical (unpaired) electrons. The lowest BCUT2D eigenvalue weighted by molar-refractivity contribution is -0.137. The number of hydrogen-bond acceptors (Lipinski definition) is 3. The van der Waals surface area contributed by atoms with E-state index in [1.807, 2.05) is 11.0 Å². The molecule has 0 N–H and O–H groups in total. The van der Waals surface area contributed by atoms with E-state index in [4.69, 9.17) is 5.26 Å². The number of halogens is 4. The molecule has 7 heteroatoms. The molecule has 1 aliphatic heterocycles. The fourth-order valence-corrected chi connectivity index (χ4v) is 3.09. The summed E-state index contributed by atoms with van der Waals surface area (Å²) in [5, 5.41) is 9.15. The molecule has 3 nitrogen and oxygen atoms in total. The summed E-state index contributed by atoms with van der Waals surface area (Å²) in [4.78, 5) is 4.09. The lowest BCUT2D eigenvalue weighted by atomic mass is 10.1. The molecule has 1 saturated heterocycles. The molecule has 0 aromatic heterocycles. The van der Waals surface area contributed by atoms with Crippen LogP contribution in [-0.2, 0) is 12.7 Å². The standard InChI is InChI=1S/C19H17F4N3/c20-17-2-1-3-18(16(17)12-24)26-10-8-25(9-11-26)13-14-4-6-15(7-5-14)19(21,22)23/h1-7H,8-11,13H2. The third kappa shape index (κ3) is 3.97. The van der Waals surface area contributed by atoms with E-state index in [1.165, 1.54) is 18.2 Å². The molecule has 3 rings (SSSR count). The second kappa shape index (κ2) is 7.34. The number of nitriles is 1. The summed E-state index contributed by atoms with van der Waals surface area (Å²) in [5.41, 5.74) is 0.793. The molecule has 1 heterocycles. The van der Waals surface area contributed by atoms with Gasteiger partial charge in [-0.15, -0.1) is 0 Å². The topological polar surface area (TPSA) is 30.3 Å². The summed E-state index contributed by atoms with van der Waals surface area (Å²) in [6.07, 6.45) is -4.33. The van der Waals surface area contributed by atoms with E-state index in [0.29, 0.717) is 38.4 Å². The molecule has 1 fully saturated rings. The number of rotatable bonds is 3. The van der Waals surface area contributed by atoms with Gasteiger partial charge in [0.15, 0.2) is 0 Å². The van der Waals surface area contributed by atoms with Crippen LogP contribution in [0.1, 0.15) is 16.7 Å². The third-order valence-corrected chi connectivity index (χ3v) is 4.50. The Hall–Kier alpha value is -2.59. The van der Waals surface area contributed by atoms with Crippen molar-refractivity contribution in [3.8, 4) is 6.07 Å². The van der Waals surface area contributed by atoms with Crippen molar-refractivity contribution in [3.63, 3.8) is 0 Å². The van der Waals surface area contributed by atoms with Gasteiger partial charge in [0.2, 0.25) is 0 Å². The van der Waals surface area contributed by atoms with Gasteiger partial charge < -0.3 is 4.90 Å². The normalized spacial score (nSPS) is 15.7. The van der Waals surface area contributed by atoms with Crippen LogP contribution in [0.5, 0.6) is 0 Å². The van der Waals surface area contributed by atoms with Crippen LogP contribution in [0.15, 0.2) is 42.5 Å². The van der Waals surface area contributed by atoms with Gasteiger partial charge in [0, 0.05) is 32.7 Å². The number of nitrogens with zero attached hydrogens (tertiary/aromatic N) is 3. The van der Waals surface area contributed by atoms with Crippen molar-refractivity contribution >= 4 is 5.69 Å². The Labute approximate surface area is 149 Å². The van der Waals surface area contributed by atoms with Crippen LogP contribution >= 0.6 is 0 Å². The summed E-state index contributed by atoms with van der Waals surface area (Å²) >= 11 is 0. The summed E-state index contributed by atoms with van der Waals surface area (Å²) in [6, 6.07) is 11.7. The van der Waals surface area contributed by atoms with Crippen LogP contribution in [0.4, 0.5) is 23.2 Å². The average Bonchev–Trinajstić information content (AvgIpc) is 2.62. The van der Waals surface area contributed by atoms with Crippen LogP contribution in [0.25, 0.3) is 0 Å². The lowest BCUT2D eigenvalue weighted by Crippen LogP contribution is -2.46. The predicted octanol–water partition coefficient (Wildman–Crippen LogP) is 4.04. The highest BCUT2D eigenvalue weighted by Crippen LogP contribution is 2.29. The van der Waals surface area contributed by atoms with Crippen LogP contribution in [-0.4, -0.2) is 31.1 Å². The minimum Gasteiger partial charge on any atom is -0.368 e. The second-order valence-electron chi connectivity index (χ2n) is 6.20. The highest BCUT2D eigenvalue weighted by atomic mass is 19.4. The Morgan fingerprint density at radius 3 is 2.19 bits per heavy atom. The molecule has 2 aromatic rings. The highest BCUT2D eigenvalue weighted by molar-refractivity contribution is 5.60. The van der Waals surface area contributed by atoms with Crippen LogP contribution in [0.2, 0.25) is 0 Å². The van der Waals surface area contributed by atoms with Crippen molar-refractivity contribution in [3.05, 3.63) is 65.0 Å². The number of hydrogen-bond donors (Lipinski definition) is 0. The Morgan fingerprint density at radius 2 is 1.62 bits per heavy atom. The van der Waals surface area contributed by atoms with Gasteiger partial charge >= 0.3 is 6.18 Å². The van der Waals surface area contributed by atoms with Crippen LogP contribution in [0.3, 0.4) is 0 Å². The van der Waals surface area contributed by atoms with E-state index < -0.39 is 17.6 Å². The fraction of sp³-hybridized carbons (Fsp3) is 0.316. The monoisotopic (exact) mass is 363 g/mol. The quantitative estimate of drug-likeness (QED) is 0.771. The maximum Gasteiger partial charge on any atom is 0.416 e. The molecule has 2 aromatic carbocycles. The van der Waals surface area contributed by atoms with Crippen molar-refractivity contribution in [1.82, 2.24) is 4.90 Å². The molecule has 0 bridgehead atoms. The van der Waals surface area contributed by atoms with Crippen LogP contribution in [0, 0.1) is 17.1 Å². The molecular weight excluding hydrogens is 346 g/mol. The van der Waals surface area contributed by atoms with Crippen LogP contribution < -0.4 is 4.90 Å². The first-order valence-corrected chi connectivity index (χ1v) is 8.20. The minimum atomic E-state index is -4.33. The van der Waals surface area contributed by atoms with E-state index in [-0.39, 0.29) is 5.56 Å². The maximum absolute atomic E-state index is 13.7. The molecule has 0 unspecified atom stereocenters. The van der Waals surface area contributed by atoms with E-state index >= 15 is 0 Å². The van der Waals surface area contributed by atoms with E-state index in [1.54, 1.807) is 12.1 Å². The third-order valence-electron chi connectivity index (χ3n) is 4.50. The Bertz CT molecular complexity index is 801. The largest absolute Gasteiger partial charge is 0.416 e. The van der Waals surface area contributed by atoms with Gasteiger partial charge in [-0.25, -0.2) is 4.39 Å². The summed E-state index contributed by atoms with van der Waals surface area (Å²) in [6.45, 7) is 3.17. The van der Waals surface area contributed by atoms with E-state index in [0.717, 1.165) is 17.7 Å². The van der Waals surface area contributed by atoms with Gasteiger partial charge in [-0.3, -0.25) is 4.90 Å². The Morgan fingerprint density at radius 1 is 0.962 bits per heavy atom. The lowest BCUT2D eigenvalue weighted by Gasteiger charge is -2.36. The smallest absolute Gasteiger partial charge is 0.368 e. The number of piperazine rings is 1. The molecular formula is C19H17F4N3. The first-order valence-electron chi connectivity index (χ1n) is 8.20. The number of anilines is 1. The van der Waals surface area contributed by atoms with Gasteiger partial charge in [-0.2, -0.15) is 18.4 Å². The highest BCUT2D eigenvalue weighted by Gasteiger charge is 2.30. The average molecular weight is 363 g/mol. The van der Waals surface area contributed by atoms with Gasteiger partial charge in [0.1, 0.15) is 17.4 Å². The molecule has 0 aliphatic carbocycles.